The second kappa shape index (κ2) is 6.95. The number of hydrogen-bond donors (Lipinski definition) is 1. The zero-order valence-corrected chi connectivity index (χ0v) is 13.1. The van der Waals surface area contributed by atoms with Crippen LogP contribution >= 0.6 is 11.3 Å². The highest BCUT2D eigenvalue weighted by molar-refractivity contribution is 7.15. The lowest BCUT2D eigenvalue weighted by Crippen LogP contribution is -2.13. The summed E-state index contributed by atoms with van der Waals surface area (Å²) in [4.78, 5) is 5.93. The molecule has 4 heteroatoms. The minimum Gasteiger partial charge on any atom is -0.312 e. The quantitative estimate of drug-likeness (QED) is 0.802. The summed E-state index contributed by atoms with van der Waals surface area (Å²) < 4.78 is 13.5. The van der Waals surface area contributed by atoms with Gasteiger partial charge in [0, 0.05) is 17.0 Å². The molecule has 1 heterocycles. The van der Waals surface area contributed by atoms with Crippen LogP contribution in [0.5, 0.6) is 0 Å². The van der Waals surface area contributed by atoms with Crippen LogP contribution < -0.4 is 5.32 Å². The molecule has 1 N–H and O–H groups in total. The Kier molecular flexibility index (Phi) is 5.26. The van der Waals surface area contributed by atoms with Crippen molar-refractivity contribution in [3.05, 3.63) is 40.2 Å². The molecule has 0 amide bonds. The van der Waals surface area contributed by atoms with E-state index in [9.17, 15) is 4.39 Å². The lowest BCUT2D eigenvalue weighted by atomic mass is 10.1. The Labute approximate surface area is 124 Å². The zero-order valence-electron chi connectivity index (χ0n) is 12.3. The van der Waals surface area contributed by atoms with Crippen LogP contribution in [0, 0.1) is 12.7 Å². The number of aromatic nitrogens is 1. The number of thiazole rings is 1. The average molecular weight is 292 g/mol. The lowest BCUT2D eigenvalue weighted by Gasteiger charge is -2.01. The van der Waals surface area contributed by atoms with Gasteiger partial charge in [-0.2, -0.15) is 0 Å². The monoisotopic (exact) mass is 292 g/mol. The van der Waals surface area contributed by atoms with Crippen molar-refractivity contribution >= 4 is 11.3 Å². The van der Waals surface area contributed by atoms with E-state index in [4.69, 9.17) is 0 Å². The van der Waals surface area contributed by atoms with Gasteiger partial charge in [0.25, 0.3) is 0 Å². The van der Waals surface area contributed by atoms with Crippen molar-refractivity contribution in [2.45, 2.75) is 40.2 Å². The topological polar surface area (TPSA) is 24.9 Å². The Morgan fingerprint density at radius 2 is 2.05 bits per heavy atom. The van der Waals surface area contributed by atoms with E-state index in [1.165, 1.54) is 4.88 Å². The minimum atomic E-state index is -0.195. The molecule has 108 valence electrons. The van der Waals surface area contributed by atoms with Crippen molar-refractivity contribution in [1.82, 2.24) is 10.3 Å². The molecule has 0 saturated carbocycles. The highest BCUT2D eigenvalue weighted by Gasteiger charge is 2.12. The molecule has 0 aliphatic carbocycles. The maximum atomic E-state index is 13.5. The molecule has 1 aromatic carbocycles. The summed E-state index contributed by atoms with van der Waals surface area (Å²) in [6.45, 7) is 8.03. The molecule has 0 atom stereocenters. The van der Waals surface area contributed by atoms with Gasteiger partial charge >= 0.3 is 0 Å². The Balaban J connectivity index is 2.28. The molecule has 0 spiro atoms. The molecule has 0 unspecified atom stereocenters. The molecule has 0 fully saturated rings. The summed E-state index contributed by atoms with van der Waals surface area (Å²) in [5, 5.41) is 4.32. The van der Waals surface area contributed by atoms with Crippen LogP contribution in [0.15, 0.2) is 18.2 Å². The fraction of sp³-hybridized carbons (Fsp3) is 0.438. The molecule has 0 bridgehead atoms. The van der Waals surface area contributed by atoms with Gasteiger partial charge < -0.3 is 5.32 Å². The molecule has 0 saturated heterocycles. The van der Waals surface area contributed by atoms with E-state index < -0.39 is 0 Å². The summed E-state index contributed by atoms with van der Waals surface area (Å²) in [5.74, 6) is -0.195. The molecule has 1 aromatic heterocycles. The molecule has 0 aliphatic heterocycles. The highest BCUT2D eigenvalue weighted by atomic mass is 32.1. The second-order valence-corrected chi connectivity index (χ2v) is 6.02. The summed E-state index contributed by atoms with van der Waals surface area (Å²) in [6, 6.07) is 5.10. The first-order chi connectivity index (χ1) is 9.63. The first-order valence-electron chi connectivity index (χ1n) is 7.10. The van der Waals surface area contributed by atoms with Gasteiger partial charge in [-0.3, -0.25) is 0 Å². The third kappa shape index (κ3) is 3.64. The van der Waals surface area contributed by atoms with Crippen molar-refractivity contribution in [3.63, 3.8) is 0 Å². The van der Waals surface area contributed by atoms with Gasteiger partial charge in [-0.25, -0.2) is 9.37 Å². The van der Waals surface area contributed by atoms with E-state index in [1.54, 1.807) is 23.5 Å². The van der Waals surface area contributed by atoms with Gasteiger partial charge in [0.1, 0.15) is 10.8 Å². The number of halogens is 1. The number of rotatable bonds is 6. The number of nitrogens with zero attached hydrogens (tertiary/aromatic N) is 1. The third-order valence-electron chi connectivity index (χ3n) is 3.11. The largest absolute Gasteiger partial charge is 0.312 e. The normalized spacial score (nSPS) is 11.0. The van der Waals surface area contributed by atoms with Gasteiger partial charge in [0.15, 0.2) is 0 Å². The number of benzene rings is 1. The number of nitrogens with one attached hydrogen (secondary N) is 1. The summed E-state index contributed by atoms with van der Waals surface area (Å²) in [6.07, 6.45) is 2.03. The maximum absolute atomic E-state index is 13.5. The van der Waals surface area contributed by atoms with Crippen molar-refractivity contribution in [2.75, 3.05) is 6.54 Å². The van der Waals surface area contributed by atoms with Crippen LogP contribution in [0.25, 0.3) is 10.6 Å². The van der Waals surface area contributed by atoms with Gasteiger partial charge in [-0.15, -0.1) is 11.3 Å². The van der Waals surface area contributed by atoms with E-state index in [0.717, 1.165) is 47.8 Å². The first-order valence-corrected chi connectivity index (χ1v) is 7.92. The van der Waals surface area contributed by atoms with Crippen molar-refractivity contribution in [2.24, 2.45) is 0 Å². The predicted molar refractivity (Wildman–Crippen MR) is 83.6 cm³/mol. The van der Waals surface area contributed by atoms with E-state index >= 15 is 0 Å². The number of aryl methyl sites for hydroxylation is 2. The molecule has 20 heavy (non-hydrogen) atoms. The average Bonchev–Trinajstić information content (AvgIpc) is 2.81. The lowest BCUT2D eigenvalue weighted by molar-refractivity contribution is 0.627. The maximum Gasteiger partial charge on any atom is 0.124 e. The molecule has 0 aliphatic rings. The minimum absolute atomic E-state index is 0.195. The van der Waals surface area contributed by atoms with E-state index in [-0.39, 0.29) is 5.82 Å². The Morgan fingerprint density at radius 1 is 1.25 bits per heavy atom. The zero-order chi connectivity index (χ0) is 14.5. The Morgan fingerprint density at radius 3 is 2.70 bits per heavy atom. The smallest absolute Gasteiger partial charge is 0.124 e. The van der Waals surface area contributed by atoms with E-state index in [2.05, 4.69) is 24.1 Å². The van der Waals surface area contributed by atoms with Crippen LogP contribution in [0.4, 0.5) is 4.39 Å². The Hall–Kier alpha value is -1.26. The van der Waals surface area contributed by atoms with Crippen LogP contribution in [0.1, 0.15) is 36.4 Å². The fourth-order valence-corrected chi connectivity index (χ4v) is 3.27. The van der Waals surface area contributed by atoms with Crippen molar-refractivity contribution < 1.29 is 4.39 Å². The molecule has 0 radical (unpaired) electrons. The van der Waals surface area contributed by atoms with Crippen molar-refractivity contribution in [3.8, 4) is 10.6 Å². The predicted octanol–water partition coefficient (Wildman–Crippen LogP) is 4.32. The second-order valence-electron chi connectivity index (χ2n) is 4.94. The summed E-state index contributed by atoms with van der Waals surface area (Å²) in [7, 11) is 0. The molecular weight excluding hydrogens is 271 g/mol. The number of hydrogen-bond acceptors (Lipinski definition) is 3. The van der Waals surface area contributed by atoms with E-state index in [0.29, 0.717) is 0 Å². The molecular formula is C16H21FN2S. The molecule has 2 nitrogen and oxygen atoms in total. The molecule has 2 rings (SSSR count). The SMILES string of the molecule is CCCNCc1sc(-c2cc(C)cc(F)c2)nc1CC. The molecule has 2 aromatic rings. The van der Waals surface area contributed by atoms with Crippen LogP contribution in [0.3, 0.4) is 0 Å². The van der Waals surface area contributed by atoms with Crippen LogP contribution in [-0.4, -0.2) is 11.5 Å². The van der Waals surface area contributed by atoms with Gasteiger partial charge in [-0.1, -0.05) is 13.8 Å². The third-order valence-corrected chi connectivity index (χ3v) is 4.26. The van der Waals surface area contributed by atoms with Crippen molar-refractivity contribution in [1.29, 1.82) is 0 Å². The van der Waals surface area contributed by atoms with Gasteiger partial charge in [0.2, 0.25) is 0 Å². The first kappa shape index (κ1) is 15.1. The van der Waals surface area contributed by atoms with Crippen LogP contribution in [0.2, 0.25) is 0 Å². The summed E-state index contributed by atoms with van der Waals surface area (Å²) in [5.41, 5.74) is 2.93. The summed E-state index contributed by atoms with van der Waals surface area (Å²) >= 11 is 1.66. The van der Waals surface area contributed by atoms with Gasteiger partial charge in [0.05, 0.1) is 5.69 Å². The fourth-order valence-electron chi connectivity index (χ4n) is 2.16. The highest BCUT2D eigenvalue weighted by Crippen LogP contribution is 2.29. The Bertz CT molecular complexity index is 558. The van der Waals surface area contributed by atoms with Crippen LogP contribution in [-0.2, 0) is 13.0 Å². The van der Waals surface area contributed by atoms with E-state index in [1.807, 2.05) is 13.0 Å². The standard InChI is InChI=1S/C16H21FN2S/c1-4-6-18-10-15-14(5-2)19-16(20-15)12-7-11(3)8-13(17)9-12/h7-9,18H,4-6,10H2,1-3H3. The van der Waals surface area contributed by atoms with Gasteiger partial charge in [-0.05, 0) is 50.1 Å².